The van der Waals surface area contributed by atoms with Crippen molar-refractivity contribution in [1.29, 1.82) is 0 Å². The summed E-state index contributed by atoms with van der Waals surface area (Å²) in [5, 5.41) is 5.60. The number of likely N-dealkylation sites (N-methyl/N-ethyl adjacent to an activating group) is 1. The van der Waals surface area contributed by atoms with Gasteiger partial charge in [-0.05, 0) is 50.9 Å². The van der Waals surface area contributed by atoms with E-state index in [0.29, 0.717) is 24.3 Å². The Hall–Kier alpha value is -2.25. The van der Waals surface area contributed by atoms with Crippen molar-refractivity contribution in [3.63, 3.8) is 0 Å². The summed E-state index contributed by atoms with van der Waals surface area (Å²) in [6, 6.07) is 6.30. The Kier molecular flexibility index (Phi) is 5.92. The molecule has 6 nitrogen and oxygen atoms in total. The van der Waals surface area contributed by atoms with Gasteiger partial charge in [0.25, 0.3) is 0 Å². The van der Waals surface area contributed by atoms with E-state index in [1.54, 1.807) is 11.8 Å². The van der Waals surface area contributed by atoms with E-state index < -0.39 is 0 Å². The zero-order valence-corrected chi connectivity index (χ0v) is 17.1. The quantitative estimate of drug-likeness (QED) is 0.794. The second-order valence-corrected chi connectivity index (χ2v) is 8.05. The highest BCUT2D eigenvalue weighted by atomic mass is 32.1. The van der Waals surface area contributed by atoms with Crippen molar-refractivity contribution in [3.05, 3.63) is 40.4 Å². The highest BCUT2D eigenvalue weighted by Gasteiger charge is 2.24. The Morgan fingerprint density at radius 1 is 1.30 bits per heavy atom. The number of amides is 2. The summed E-state index contributed by atoms with van der Waals surface area (Å²) >= 11 is 1.44. The van der Waals surface area contributed by atoms with E-state index in [1.807, 2.05) is 49.4 Å². The lowest BCUT2D eigenvalue weighted by atomic mass is 10.1. The first-order valence-corrected chi connectivity index (χ1v) is 10.0. The Bertz CT molecular complexity index is 844. The zero-order chi connectivity index (χ0) is 19.6. The molecule has 0 saturated heterocycles. The van der Waals surface area contributed by atoms with Crippen LogP contribution in [0.15, 0.2) is 23.6 Å². The van der Waals surface area contributed by atoms with Gasteiger partial charge < -0.3 is 5.32 Å². The van der Waals surface area contributed by atoms with E-state index in [-0.39, 0.29) is 11.8 Å². The minimum atomic E-state index is -0.0678. The summed E-state index contributed by atoms with van der Waals surface area (Å²) in [5.41, 5.74) is 3.92. The van der Waals surface area contributed by atoms with Gasteiger partial charge in [-0.15, -0.1) is 11.3 Å². The lowest BCUT2D eigenvalue weighted by Crippen LogP contribution is -2.36. The van der Waals surface area contributed by atoms with E-state index in [0.717, 1.165) is 35.3 Å². The van der Waals surface area contributed by atoms with Crippen LogP contribution in [-0.2, 0) is 16.1 Å². The molecule has 0 spiro atoms. The number of aromatic nitrogens is 1. The van der Waals surface area contributed by atoms with E-state index in [9.17, 15) is 9.59 Å². The largest absolute Gasteiger partial charge is 0.352 e. The fourth-order valence-electron chi connectivity index (χ4n) is 2.94. The average Bonchev–Trinajstić information content (AvgIpc) is 3.28. The minimum absolute atomic E-state index is 0.0520. The SMILES string of the molecule is CC(=O)N(c1nc(CN(C)CC(=O)NC2CC2)cs1)c1cccc(C)c1C. The molecule has 1 fully saturated rings. The summed E-state index contributed by atoms with van der Waals surface area (Å²) in [7, 11) is 1.90. The van der Waals surface area contributed by atoms with Crippen LogP contribution < -0.4 is 10.2 Å². The third kappa shape index (κ3) is 4.93. The molecule has 27 heavy (non-hydrogen) atoms. The minimum Gasteiger partial charge on any atom is -0.352 e. The molecule has 7 heteroatoms. The highest BCUT2D eigenvalue weighted by Crippen LogP contribution is 2.32. The lowest BCUT2D eigenvalue weighted by molar-refractivity contribution is -0.122. The topological polar surface area (TPSA) is 65.5 Å². The van der Waals surface area contributed by atoms with Gasteiger partial charge in [-0.1, -0.05) is 12.1 Å². The summed E-state index contributed by atoms with van der Waals surface area (Å²) in [5.74, 6) is -0.0158. The predicted molar refractivity (Wildman–Crippen MR) is 108 cm³/mol. The van der Waals surface area contributed by atoms with Crippen molar-refractivity contribution in [2.75, 3.05) is 18.5 Å². The van der Waals surface area contributed by atoms with Gasteiger partial charge in [-0.2, -0.15) is 0 Å². The van der Waals surface area contributed by atoms with E-state index in [1.165, 1.54) is 11.3 Å². The zero-order valence-electron chi connectivity index (χ0n) is 16.3. The van der Waals surface area contributed by atoms with Gasteiger partial charge in [0.1, 0.15) is 0 Å². The molecule has 144 valence electrons. The smallest absolute Gasteiger partial charge is 0.234 e. The molecule has 1 aliphatic carbocycles. The molecule has 3 rings (SSSR count). The van der Waals surface area contributed by atoms with Crippen LogP contribution in [0.4, 0.5) is 10.8 Å². The number of aryl methyl sites for hydroxylation is 1. The van der Waals surface area contributed by atoms with Crippen LogP contribution in [0, 0.1) is 13.8 Å². The first kappa shape index (κ1) is 19.5. The van der Waals surface area contributed by atoms with Crippen molar-refractivity contribution in [2.24, 2.45) is 0 Å². The second kappa shape index (κ2) is 8.19. The number of carbonyl (C=O) groups excluding carboxylic acids is 2. The molecule has 1 N–H and O–H groups in total. The number of thiazole rings is 1. The molecule has 1 aromatic carbocycles. The maximum atomic E-state index is 12.3. The van der Waals surface area contributed by atoms with Crippen LogP contribution in [0.2, 0.25) is 0 Å². The standard InChI is InChI=1S/C20H26N4O2S/c1-13-6-5-7-18(14(13)2)24(15(3)25)20-22-17(12-27-20)10-23(4)11-19(26)21-16-8-9-16/h5-7,12,16H,8-11H2,1-4H3,(H,21,26). The van der Waals surface area contributed by atoms with Gasteiger partial charge in [-0.25, -0.2) is 4.98 Å². The van der Waals surface area contributed by atoms with E-state index >= 15 is 0 Å². The van der Waals surface area contributed by atoms with Crippen LogP contribution in [-0.4, -0.2) is 41.3 Å². The number of anilines is 2. The van der Waals surface area contributed by atoms with Crippen molar-refractivity contribution in [3.8, 4) is 0 Å². The van der Waals surface area contributed by atoms with Crippen molar-refractivity contribution < 1.29 is 9.59 Å². The van der Waals surface area contributed by atoms with Gasteiger partial charge >= 0.3 is 0 Å². The van der Waals surface area contributed by atoms with Crippen molar-refractivity contribution in [1.82, 2.24) is 15.2 Å². The van der Waals surface area contributed by atoms with Crippen LogP contribution in [0.25, 0.3) is 0 Å². The molecular formula is C20H26N4O2S. The van der Waals surface area contributed by atoms with E-state index in [4.69, 9.17) is 0 Å². The molecule has 1 aromatic heterocycles. The molecule has 2 aromatic rings. The average molecular weight is 387 g/mol. The number of hydrogen-bond donors (Lipinski definition) is 1. The summed E-state index contributed by atoms with van der Waals surface area (Å²) < 4.78 is 0. The third-order valence-electron chi connectivity index (χ3n) is 4.65. The number of nitrogens with one attached hydrogen (secondary N) is 1. The molecule has 0 bridgehead atoms. The molecule has 0 atom stereocenters. The monoisotopic (exact) mass is 386 g/mol. The number of benzene rings is 1. The van der Waals surface area contributed by atoms with Gasteiger partial charge in [0, 0.05) is 24.9 Å². The van der Waals surface area contributed by atoms with Crippen molar-refractivity contribution in [2.45, 2.75) is 46.2 Å². The summed E-state index contributed by atoms with van der Waals surface area (Å²) in [4.78, 5) is 32.5. The van der Waals surface area contributed by atoms with Gasteiger partial charge in [0.05, 0.1) is 17.9 Å². The predicted octanol–water partition coefficient (Wildman–Crippen LogP) is 3.15. The molecule has 1 saturated carbocycles. The van der Waals surface area contributed by atoms with Crippen LogP contribution in [0.1, 0.15) is 36.6 Å². The Balaban J connectivity index is 1.71. The third-order valence-corrected chi connectivity index (χ3v) is 5.53. The lowest BCUT2D eigenvalue weighted by Gasteiger charge is -2.21. The molecule has 0 aliphatic heterocycles. The van der Waals surface area contributed by atoms with Gasteiger partial charge in [-0.3, -0.25) is 19.4 Å². The Morgan fingerprint density at radius 2 is 2.04 bits per heavy atom. The number of carbonyl (C=O) groups is 2. The Labute approximate surface area is 164 Å². The fraction of sp³-hybridized carbons (Fsp3) is 0.450. The number of nitrogens with zero attached hydrogens (tertiary/aromatic N) is 3. The number of rotatable bonds is 7. The van der Waals surface area contributed by atoms with Gasteiger partial charge in [0.15, 0.2) is 5.13 Å². The maximum absolute atomic E-state index is 12.3. The molecule has 2 amide bonds. The normalized spacial score (nSPS) is 13.7. The van der Waals surface area contributed by atoms with Crippen LogP contribution in [0.3, 0.4) is 0 Å². The molecule has 0 radical (unpaired) electrons. The first-order valence-electron chi connectivity index (χ1n) is 9.14. The summed E-state index contributed by atoms with van der Waals surface area (Å²) in [6.07, 6.45) is 2.17. The molecule has 1 aliphatic rings. The first-order chi connectivity index (χ1) is 12.8. The Morgan fingerprint density at radius 3 is 2.70 bits per heavy atom. The highest BCUT2D eigenvalue weighted by molar-refractivity contribution is 7.14. The fourth-order valence-corrected chi connectivity index (χ4v) is 3.81. The van der Waals surface area contributed by atoms with Crippen LogP contribution in [0.5, 0.6) is 0 Å². The van der Waals surface area contributed by atoms with Gasteiger partial charge in [0.2, 0.25) is 11.8 Å². The number of hydrogen-bond acceptors (Lipinski definition) is 5. The van der Waals surface area contributed by atoms with Crippen LogP contribution >= 0.6 is 11.3 Å². The van der Waals surface area contributed by atoms with Crippen molar-refractivity contribution >= 4 is 34.0 Å². The second-order valence-electron chi connectivity index (χ2n) is 7.21. The summed E-state index contributed by atoms with van der Waals surface area (Å²) in [6.45, 7) is 6.51. The molecule has 1 heterocycles. The molecule has 0 unspecified atom stereocenters. The maximum Gasteiger partial charge on any atom is 0.234 e. The molecular weight excluding hydrogens is 360 g/mol. The van der Waals surface area contributed by atoms with E-state index in [2.05, 4.69) is 10.3 Å².